The number of sulfonamides is 1. The summed E-state index contributed by atoms with van der Waals surface area (Å²) in [5.41, 5.74) is 0.583. The van der Waals surface area contributed by atoms with Gasteiger partial charge in [-0.15, -0.1) is 0 Å². The van der Waals surface area contributed by atoms with Crippen molar-refractivity contribution in [1.82, 2.24) is 9.62 Å². The van der Waals surface area contributed by atoms with Gasteiger partial charge < -0.3 is 14.5 Å². The van der Waals surface area contributed by atoms with Crippen molar-refractivity contribution in [2.75, 3.05) is 18.0 Å². The highest BCUT2D eigenvalue weighted by Gasteiger charge is 2.37. The normalized spacial score (nSPS) is 18.1. The predicted octanol–water partition coefficient (Wildman–Crippen LogP) is 5.40. The Balaban J connectivity index is 1.33. The summed E-state index contributed by atoms with van der Waals surface area (Å²) >= 11 is 6.02. The Bertz CT molecular complexity index is 1610. The van der Waals surface area contributed by atoms with Gasteiger partial charge >= 0.3 is 6.09 Å². The maximum Gasteiger partial charge on any atom is 0.410 e. The van der Waals surface area contributed by atoms with Gasteiger partial charge in [-0.1, -0.05) is 29.8 Å². The van der Waals surface area contributed by atoms with Crippen molar-refractivity contribution in [1.29, 1.82) is 0 Å². The summed E-state index contributed by atoms with van der Waals surface area (Å²) in [5.74, 6) is -1.03. The second-order valence-corrected chi connectivity index (χ2v) is 13.3. The van der Waals surface area contributed by atoms with Gasteiger partial charge in [0.05, 0.1) is 10.6 Å². The van der Waals surface area contributed by atoms with Gasteiger partial charge in [-0.25, -0.2) is 17.6 Å². The third kappa shape index (κ3) is 5.80. The standard InChI is InChI=1S/C29H31ClFN3O5S/c1-29(2,3)39-28(36)33-13-4-5-23-20(17-33)8-11-25(26(23)31)34-14-12-24(27(34)35)32-40(37,38)22-10-7-18-15-21(30)9-6-19(18)16-22/h6-11,15-16,24,32H,4-5,12-14,17H2,1-3H3/t24-/m0/s1. The lowest BCUT2D eigenvalue weighted by Gasteiger charge is -2.26. The van der Waals surface area contributed by atoms with Gasteiger partial charge in [-0.05, 0) is 92.3 Å². The van der Waals surface area contributed by atoms with E-state index in [-0.39, 0.29) is 30.1 Å². The van der Waals surface area contributed by atoms with Crippen LogP contribution < -0.4 is 9.62 Å². The molecule has 1 saturated heterocycles. The number of nitrogens with one attached hydrogen (secondary N) is 1. The van der Waals surface area contributed by atoms with Gasteiger partial charge in [-0.2, -0.15) is 4.72 Å². The van der Waals surface area contributed by atoms with Crippen molar-refractivity contribution < 1.29 is 27.1 Å². The average Bonchev–Trinajstić information content (AvgIpc) is 3.08. The summed E-state index contributed by atoms with van der Waals surface area (Å²) in [6.07, 6.45) is 0.690. The number of benzene rings is 3. The molecule has 1 atom stereocenters. The fourth-order valence-electron chi connectivity index (χ4n) is 5.14. The highest BCUT2D eigenvalue weighted by molar-refractivity contribution is 7.89. The first-order chi connectivity index (χ1) is 18.8. The van der Waals surface area contributed by atoms with Gasteiger partial charge in [0.2, 0.25) is 15.9 Å². The molecule has 40 heavy (non-hydrogen) atoms. The van der Waals surface area contributed by atoms with Crippen molar-refractivity contribution in [2.24, 2.45) is 0 Å². The number of amides is 2. The van der Waals surface area contributed by atoms with Crippen molar-refractivity contribution >= 4 is 50.1 Å². The third-order valence-electron chi connectivity index (χ3n) is 7.07. The molecule has 2 aliphatic heterocycles. The van der Waals surface area contributed by atoms with E-state index < -0.39 is 39.5 Å². The van der Waals surface area contributed by atoms with Crippen LogP contribution in [-0.4, -0.2) is 50.1 Å². The number of hydrogen-bond donors (Lipinski definition) is 1. The van der Waals surface area contributed by atoms with Crippen molar-refractivity contribution in [3.05, 3.63) is 70.5 Å². The summed E-state index contributed by atoms with van der Waals surface area (Å²) in [6.45, 7) is 6.17. The Morgan fingerprint density at radius 1 is 1.07 bits per heavy atom. The first kappa shape index (κ1) is 28.3. The minimum Gasteiger partial charge on any atom is -0.444 e. The number of nitrogens with zero attached hydrogens (tertiary/aromatic N) is 2. The molecule has 2 aliphatic rings. The number of anilines is 1. The molecular formula is C29H31ClFN3O5S. The average molecular weight is 588 g/mol. The Morgan fingerprint density at radius 2 is 1.80 bits per heavy atom. The number of hydrogen-bond acceptors (Lipinski definition) is 5. The van der Waals surface area contributed by atoms with Crippen LogP contribution in [0.5, 0.6) is 0 Å². The SMILES string of the molecule is CC(C)(C)OC(=O)N1CCCc2c(ccc(N3CC[C@H](NS(=O)(=O)c4ccc5cc(Cl)ccc5c4)C3=O)c2F)C1. The maximum absolute atomic E-state index is 15.8. The number of carbonyl (C=O) groups excluding carboxylic acids is 2. The van der Waals surface area contributed by atoms with Gasteiger partial charge in [0.15, 0.2) is 0 Å². The second kappa shape index (κ2) is 10.6. The zero-order valence-corrected chi connectivity index (χ0v) is 24.1. The number of carbonyl (C=O) groups is 2. The van der Waals surface area contributed by atoms with E-state index in [9.17, 15) is 18.0 Å². The minimum absolute atomic E-state index is 0.0272. The zero-order chi connectivity index (χ0) is 28.8. The Kier molecular flexibility index (Phi) is 7.54. The topological polar surface area (TPSA) is 96.0 Å². The lowest BCUT2D eigenvalue weighted by molar-refractivity contribution is -0.118. The van der Waals surface area contributed by atoms with E-state index >= 15 is 4.39 Å². The van der Waals surface area contributed by atoms with Crippen LogP contribution in [0.2, 0.25) is 5.02 Å². The summed E-state index contributed by atoms with van der Waals surface area (Å²) in [6, 6.07) is 12.0. The predicted molar refractivity (Wildman–Crippen MR) is 151 cm³/mol. The molecule has 0 spiro atoms. The van der Waals surface area contributed by atoms with Gasteiger partial charge in [0.25, 0.3) is 0 Å². The molecule has 0 aromatic heterocycles. The number of halogens is 2. The molecule has 0 saturated carbocycles. The Labute approximate surface area is 238 Å². The third-order valence-corrected chi connectivity index (χ3v) is 8.77. The van der Waals surface area contributed by atoms with Crippen LogP contribution in [0.4, 0.5) is 14.9 Å². The summed E-state index contributed by atoms with van der Waals surface area (Å²) < 4.78 is 50.0. The Hall–Kier alpha value is -3.21. The molecule has 2 amide bonds. The fraction of sp³-hybridized carbons (Fsp3) is 0.379. The van der Waals surface area contributed by atoms with Crippen LogP contribution in [0.25, 0.3) is 10.8 Å². The summed E-state index contributed by atoms with van der Waals surface area (Å²) in [7, 11) is -4.01. The zero-order valence-electron chi connectivity index (χ0n) is 22.5. The van der Waals surface area contributed by atoms with E-state index in [1.807, 2.05) is 0 Å². The van der Waals surface area contributed by atoms with E-state index in [0.717, 1.165) is 5.39 Å². The molecule has 8 nitrogen and oxygen atoms in total. The van der Waals surface area contributed by atoms with Crippen molar-refractivity contribution in [2.45, 2.75) is 63.1 Å². The van der Waals surface area contributed by atoms with Gasteiger partial charge in [-0.3, -0.25) is 4.79 Å². The van der Waals surface area contributed by atoms with Crippen LogP contribution in [0, 0.1) is 5.82 Å². The van der Waals surface area contributed by atoms with E-state index in [0.29, 0.717) is 40.9 Å². The number of fused-ring (bicyclic) bond motifs is 2. The molecule has 3 aromatic rings. The number of rotatable bonds is 4. The van der Waals surface area contributed by atoms with E-state index in [1.165, 1.54) is 23.1 Å². The molecule has 5 rings (SSSR count). The van der Waals surface area contributed by atoms with Crippen LogP contribution in [0.1, 0.15) is 44.7 Å². The van der Waals surface area contributed by atoms with Crippen LogP contribution in [-0.2, 0) is 32.5 Å². The molecule has 2 heterocycles. The highest BCUT2D eigenvalue weighted by Crippen LogP contribution is 2.32. The second-order valence-electron chi connectivity index (χ2n) is 11.1. The molecular weight excluding hydrogens is 557 g/mol. The molecule has 0 radical (unpaired) electrons. The van der Waals surface area contributed by atoms with Crippen LogP contribution in [0.3, 0.4) is 0 Å². The first-order valence-corrected chi connectivity index (χ1v) is 15.0. The molecule has 0 unspecified atom stereocenters. The summed E-state index contributed by atoms with van der Waals surface area (Å²) in [5, 5.41) is 2.04. The largest absolute Gasteiger partial charge is 0.444 e. The molecule has 0 bridgehead atoms. The highest BCUT2D eigenvalue weighted by atomic mass is 35.5. The quantitative estimate of drug-likeness (QED) is 0.441. The lowest BCUT2D eigenvalue weighted by atomic mass is 10.0. The van der Waals surface area contributed by atoms with Crippen LogP contribution in [0.15, 0.2) is 53.4 Å². The maximum atomic E-state index is 15.8. The van der Waals surface area contributed by atoms with Crippen LogP contribution >= 0.6 is 11.6 Å². The molecule has 11 heteroatoms. The molecule has 1 N–H and O–H groups in total. The monoisotopic (exact) mass is 587 g/mol. The van der Waals surface area contributed by atoms with Gasteiger partial charge in [0.1, 0.15) is 17.5 Å². The molecule has 212 valence electrons. The number of ether oxygens (including phenoxy) is 1. The van der Waals surface area contributed by atoms with E-state index in [4.69, 9.17) is 16.3 Å². The van der Waals surface area contributed by atoms with E-state index in [2.05, 4.69) is 4.72 Å². The lowest BCUT2D eigenvalue weighted by Crippen LogP contribution is -2.41. The molecule has 3 aromatic carbocycles. The summed E-state index contributed by atoms with van der Waals surface area (Å²) in [4.78, 5) is 28.8. The first-order valence-electron chi connectivity index (χ1n) is 13.1. The molecule has 1 fully saturated rings. The van der Waals surface area contributed by atoms with E-state index in [1.54, 1.807) is 56.0 Å². The Morgan fingerprint density at radius 3 is 2.55 bits per heavy atom. The van der Waals surface area contributed by atoms with Crippen molar-refractivity contribution in [3.63, 3.8) is 0 Å². The minimum atomic E-state index is -4.01. The fourth-order valence-corrected chi connectivity index (χ4v) is 6.57. The smallest absolute Gasteiger partial charge is 0.410 e. The van der Waals surface area contributed by atoms with Gasteiger partial charge in [0, 0.05) is 24.7 Å². The van der Waals surface area contributed by atoms with Crippen molar-refractivity contribution in [3.8, 4) is 0 Å². The molecule has 0 aliphatic carbocycles.